The number of hydrogen-bond donors (Lipinski definition) is 1. The molecule has 1 spiro atoms. The van der Waals surface area contributed by atoms with Gasteiger partial charge in [-0.05, 0) is 37.3 Å². The molecule has 1 aromatic rings. The van der Waals surface area contributed by atoms with E-state index in [-0.39, 0.29) is 18.1 Å². The number of fused-ring (bicyclic) bond motifs is 2. The van der Waals surface area contributed by atoms with Crippen molar-refractivity contribution >= 4 is 27.7 Å². The molecule has 150 valence electrons. The molecule has 2 fully saturated rings. The molecule has 4 amide bonds. The summed E-state index contributed by atoms with van der Waals surface area (Å²) in [6.45, 7) is 1.72. The number of imide groups is 1. The average molecular weight is 405 g/mol. The number of benzene rings is 1. The number of hydrogen-bond acceptors (Lipinski definition) is 5. The number of aryl methyl sites for hydroxylation is 1. The number of carbonyl (C=O) groups is 3. The predicted octanol–water partition coefficient (Wildman–Crippen LogP) is 0.416. The molecule has 1 aromatic carbocycles. The van der Waals surface area contributed by atoms with E-state index in [0.29, 0.717) is 25.8 Å². The van der Waals surface area contributed by atoms with E-state index in [1.807, 2.05) is 24.3 Å². The smallest absolute Gasteiger partial charge is 0.325 e. The van der Waals surface area contributed by atoms with Crippen LogP contribution in [0.3, 0.4) is 0 Å². The van der Waals surface area contributed by atoms with Crippen molar-refractivity contribution in [1.29, 1.82) is 0 Å². The van der Waals surface area contributed by atoms with Crippen LogP contribution in [-0.2, 0) is 31.4 Å². The second-order valence-corrected chi connectivity index (χ2v) is 9.85. The molecule has 4 rings (SSSR count). The summed E-state index contributed by atoms with van der Waals surface area (Å²) in [4.78, 5) is 41.0. The molecular formula is C19H23N3O5S. The van der Waals surface area contributed by atoms with Crippen LogP contribution in [0, 0.1) is 0 Å². The minimum atomic E-state index is -3.14. The van der Waals surface area contributed by atoms with Crippen molar-refractivity contribution in [2.45, 2.75) is 37.8 Å². The molecule has 2 aliphatic heterocycles. The molecule has 9 heteroatoms. The van der Waals surface area contributed by atoms with Crippen molar-refractivity contribution in [1.82, 2.24) is 15.1 Å². The van der Waals surface area contributed by atoms with Gasteiger partial charge in [-0.15, -0.1) is 0 Å². The molecule has 1 aliphatic carbocycles. The van der Waals surface area contributed by atoms with Crippen molar-refractivity contribution in [2.24, 2.45) is 0 Å². The van der Waals surface area contributed by atoms with Gasteiger partial charge in [0, 0.05) is 12.6 Å². The molecule has 0 saturated carbocycles. The fraction of sp³-hybridized carbons (Fsp3) is 0.526. The minimum Gasteiger partial charge on any atom is -0.337 e. The molecule has 2 saturated heterocycles. The summed E-state index contributed by atoms with van der Waals surface area (Å²) >= 11 is 0. The predicted molar refractivity (Wildman–Crippen MR) is 101 cm³/mol. The lowest BCUT2D eigenvalue weighted by Crippen LogP contribution is -2.48. The molecule has 0 radical (unpaired) electrons. The average Bonchev–Trinajstić information content (AvgIpc) is 3.27. The molecular weight excluding hydrogens is 382 g/mol. The second kappa shape index (κ2) is 6.58. The van der Waals surface area contributed by atoms with Gasteiger partial charge in [0.1, 0.15) is 12.1 Å². The van der Waals surface area contributed by atoms with Crippen LogP contribution in [0.2, 0.25) is 0 Å². The second-order valence-electron chi connectivity index (χ2n) is 7.62. The maximum Gasteiger partial charge on any atom is 0.325 e. The Morgan fingerprint density at radius 3 is 2.75 bits per heavy atom. The third kappa shape index (κ3) is 2.88. The molecule has 1 N–H and O–H groups in total. The quantitative estimate of drug-likeness (QED) is 0.731. The summed E-state index contributed by atoms with van der Waals surface area (Å²) in [7, 11) is -3.14. The van der Waals surface area contributed by atoms with Gasteiger partial charge in [-0.25, -0.2) is 13.2 Å². The van der Waals surface area contributed by atoms with Crippen molar-refractivity contribution in [3.05, 3.63) is 35.4 Å². The highest BCUT2D eigenvalue weighted by Gasteiger charge is 2.55. The first-order valence-electron chi connectivity index (χ1n) is 9.50. The minimum absolute atomic E-state index is 0.0600. The summed E-state index contributed by atoms with van der Waals surface area (Å²) in [5, 5.41) is 2.80. The van der Waals surface area contributed by atoms with Crippen molar-refractivity contribution in [3.8, 4) is 0 Å². The molecule has 8 nitrogen and oxygen atoms in total. The number of rotatable bonds is 4. The zero-order valence-electron chi connectivity index (χ0n) is 15.7. The van der Waals surface area contributed by atoms with E-state index >= 15 is 0 Å². The molecule has 28 heavy (non-hydrogen) atoms. The monoisotopic (exact) mass is 405 g/mol. The lowest BCUT2D eigenvalue weighted by molar-refractivity contribution is -0.140. The van der Waals surface area contributed by atoms with Gasteiger partial charge in [0.15, 0.2) is 9.84 Å². The number of urea groups is 1. The van der Waals surface area contributed by atoms with Crippen molar-refractivity contribution < 1.29 is 22.8 Å². The van der Waals surface area contributed by atoms with E-state index in [2.05, 4.69) is 5.32 Å². The third-order valence-electron chi connectivity index (χ3n) is 6.03. The normalized spacial score (nSPS) is 27.9. The van der Waals surface area contributed by atoms with Gasteiger partial charge in [0.25, 0.3) is 5.91 Å². The molecule has 0 bridgehead atoms. The number of likely N-dealkylation sites (N-methyl/N-ethyl adjacent to an activating group) is 1. The summed E-state index contributed by atoms with van der Waals surface area (Å²) in [6, 6.07) is 6.53. The van der Waals surface area contributed by atoms with Crippen LogP contribution in [0.5, 0.6) is 0 Å². The maximum atomic E-state index is 13.1. The lowest BCUT2D eigenvalue weighted by Gasteiger charge is -2.28. The topological polar surface area (TPSA) is 104 Å². The summed E-state index contributed by atoms with van der Waals surface area (Å²) < 4.78 is 23.5. The number of amides is 4. The van der Waals surface area contributed by atoms with Gasteiger partial charge in [-0.2, -0.15) is 0 Å². The van der Waals surface area contributed by atoms with Crippen molar-refractivity contribution in [3.63, 3.8) is 0 Å². The van der Waals surface area contributed by atoms with Crippen LogP contribution in [0.1, 0.15) is 30.9 Å². The lowest BCUT2D eigenvalue weighted by atomic mass is 9.92. The van der Waals surface area contributed by atoms with Crippen LogP contribution in [0.4, 0.5) is 4.79 Å². The van der Waals surface area contributed by atoms with Gasteiger partial charge >= 0.3 is 6.03 Å². The highest BCUT2D eigenvalue weighted by molar-refractivity contribution is 7.91. The van der Waals surface area contributed by atoms with Gasteiger partial charge in [-0.3, -0.25) is 14.5 Å². The first kappa shape index (κ1) is 18.9. The molecule has 3 aliphatic rings. The first-order chi connectivity index (χ1) is 13.3. The Kier molecular flexibility index (Phi) is 4.45. The number of nitrogens with one attached hydrogen (secondary N) is 1. The largest absolute Gasteiger partial charge is 0.337 e. The van der Waals surface area contributed by atoms with Crippen LogP contribution >= 0.6 is 0 Å². The summed E-state index contributed by atoms with van der Waals surface area (Å²) in [5.74, 6) is -0.823. The van der Waals surface area contributed by atoms with E-state index in [1.165, 1.54) is 4.90 Å². The number of sulfone groups is 1. The Bertz CT molecular complexity index is 960. The van der Waals surface area contributed by atoms with E-state index < -0.39 is 39.3 Å². The highest BCUT2D eigenvalue weighted by atomic mass is 32.2. The SMILES string of the molecule is CCN(C(=O)CN1C(=O)N[C@@]2(CCc3ccccc32)C1=O)[C@H]1CCS(=O)(=O)C1. The Morgan fingerprint density at radius 1 is 1.32 bits per heavy atom. The number of nitrogens with zero attached hydrogens (tertiary/aromatic N) is 2. The standard InChI is InChI=1S/C19H23N3O5S/c1-2-21(14-8-10-28(26,27)12-14)16(23)11-22-17(24)19(20-18(22)25)9-7-13-5-3-4-6-15(13)19/h3-6,14H,2,7-12H2,1H3,(H,20,25)/t14-,19+/m0/s1. The summed E-state index contributed by atoms with van der Waals surface area (Å²) in [5.41, 5.74) is 0.718. The van der Waals surface area contributed by atoms with Crippen LogP contribution in [0.15, 0.2) is 24.3 Å². The Hall–Kier alpha value is -2.42. The summed E-state index contributed by atoms with van der Waals surface area (Å²) in [6.07, 6.45) is 1.55. The first-order valence-corrected chi connectivity index (χ1v) is 11.3. The van der Waals surface area contributed by atoms with Gasteiger partial charge in [0.05, 0.1) is 11.5 Å². The molecule has 2 heterocycles. The molecule has 2 atom stereocenters. The zero-order chi connectivity index (χ0) is 20.1. The van der Waals surface area contributed by atoms with Crippen molar-refractivity contribution in [2.75, 3.05) is 24.6 Å². The van der Waals surface area contributed by atoms with Crippen LogP contribution in [-0.4, -0.2) is 66.7 Å². The fourth-order valence-electron chi connectivity index (χ4n) is 4.62. The third-order valence-corrected chi connectivity index (χ3v) is 7.78. The van der Waals surface area contributed by atoms with Gasteiger partial charge in [0.2, 0.25) is 5.91 Å². The fourth-order valence-corrected chi connectivity index (χ4v) is 6.35. The Balaban J connectivity index is 1.53. The van der Waals surface area contributed by atoms with E-state index in [9.17, 15) is 22.8 Å². The van der Waals surface area contributed by atoms with E-state index in [1.54, 1.807) is 6.92 Å². The highest BCUT2D eigenvalue weighted by Crippen LogP contribution is 2.41. The van der Waals surface area contributed by atoms with E-state index in [4.69, 9.17) is 0 Å². The molecule has 0 unspecified atom stereocenters. The molecule has 0 aromatic heterocycles. The Morgan fingerprint density at radius 2 is 2.07 bits per heavy atom. The van der Waals surface area contributed by atoms with Crippen LogP contribution in [0.25, 0.3) is 0 Å². The zero-order valence-corrected chi connectivity index (χ0v) is 16.5. The van der Waals surface area contributed by atoms with E-state index in [0.717, 1.165) is 16.0 Å². The number of carbonyl (C=O) groups excluding carboxylic acids is 3. The van der Waals surface area contributed by atoms with Gasteiger partial charge < -0.3 is 10.2 Å². The van der Waals surface area contributed by atoms with Gasteiger partial charge in [-0.1, -0.05) is 24.3 Å². The maximum absolute atomic E-state index is 13.1. The van der Waals surface area contributed by atoms with Crippen LogP contribution < -0.4 is 5.32 Å². The Labute approximate surface area is 163 Å².